The second-order valence-electron chi connectivity index (χ2n) is 13.9. The molecule has 3 fully saturated rings. The average Bonchev–Trinajstić information content (AvgIpc) is 3.70. The third-order valence-electron chi connectivity index (χ3n) is 10.1. The summed E-state index contributed by atoms with van der Waals surface area (Å²) in [5.74, 6) is -3.17. The van der Waals surface area contributed by atoms with Crippen LogP contribution < -0.4 is 10.6 Å². The number of benzene rings is 2. The van der Waals surface area contributed by atoms with Gasteiger partial charge in [0.25, 0.3) is 0 Å². The van der Waals surface area contributed by atoms with Crippen molar-refractivity contribution in [2.45, 2.75) is 69.4 Å². The number of anilines is 1. The number of halogens is 3. The van der Waals surface area contributed by atoms with Gasteiger partial charge in [0.2, 0.25) is 17.7 Å². The third kappa shape index (κ3) is 7.26. The molecule has 2 amide bonds. The second-order valence-corrected chi connectivity index (χ2v) is 14.4. The third-order valence-corrected chi connectivity index (χ3v) is 10.3. The summed E-state index contributed by atoms with van der Waals surface area (Å²) in [5, 5.41) is 16.9. The van der Waals surface area contributed by atoms with E-state index in [0.29, 0.717) is 57.0 Å². The van der Waals surface area contributed by atoms with Crippen molar-refractivity contribution >= 4 is 44.8 Å². The van der Waals surface area contributed by atoms with Crippen LogP contribution in [0.5, 0.6) is 0 Å². The predicted octanol–water partition coefficient (Wildman–Crippen LogP) is 3.03. The Hall–Kier alpha value is -2.62. The molecule has 2 aliphatic carbocycles. The molecule has 236 valence electrons. The molecule has 44 heavy (non-hydrogen) atoms. The van der Waals surface area contributed by atoms with Crippen LogP contribution in [0.25, 0.3) is 0 Å². The number of carbonyl (C=O) groups excluding carboxylic acids is 2. The Bertz CT molecular complexity index is 1370. The Kier molecular flexibility index (Phi) is 9.15. The lowest BCUT2D eigenvalue weighted by molar-refractivity contribution is -0.135. The van der Waals surface area contributed by atoms with Crippen LogP contribution in [0.1, 0.15) is 62.6 Å². The number of amides is 2. The summed E-state index contributed by atoms with van der Waals surface area (Å²) < 4.78 is 27.1. The lowest BCUT2D eigenvalue weighted by Gasteiger charge is -2.45. The van der Waals surface area contributed by atoms with Gasteiger partial charge in [-0.15, -0.1) is 0 Å². The highest BCUT2D eigenvalue weighted by molar-refractivity contribution is 6.40. The predicted molar refractivity (Wildman–Crippen MR) is 174 cm³/mol. The van der Waals surface area contributed by atoms with Gasteiger partial charge in [-0.3, -0.25) is 9.59 Å². The monoisotopic (exact) mass is 626 g/mol. The molecule has 1 unspecified atom stereocenters. The minimum Gasteiger partial charge on any atom is -0.386 e. The number of aliphatic hydroxyl groups is 1. The smallest absolute Gasteiger partial charge is 0.248 e. The van der Waals surface area contributed by atoms with Crippen molar-refractivity contribution in [2.24, 2.45) is 11.3 Å². The molecule has 3 N–H and O–H groups in total. The van der Waals surface area contributed by atoms with E-state index in [2.05, 4.69) is 31.2 Å². The number of rotatable bonds is 9. The highest BCUT2D eigenvalue weighted by Crippen LogP contribution is 2.63. The van der Waals surface area contributed by atoms with Crippen LogP contribution in [0.3, 0.4) is 0 Å². The maximum absolute atomic E-state index is 13.6. The summed E-state index contributed by atoms with van der Waals surface area (Å²) in [5.41, 5.74) is 2.81. The zero-order valence-electron chi connectivity index (χ0n) is 26.2. The van der Waals surface area contributed by atoms with Crippen LogP contribution in [-0.2, 0) is 27.1 Å². The van der Waals surface area contributed by atoms with E-state index in [1.165, 1.54) is 0 Å². The average molecular weight is 627 g/mol. The maximum atomic E-state index is 13.6. The molecule has 7 nitrogen and oxygen atoms in total. The van der Waals surface area contributed by atoms with Gasteiger partial charge in [0.05, 0.1) is 12.1 Å². The van der Waals surface area contributed by atoms with Crippen molar-refractivity contribution in [3.63, 3.8) is 0 Å². The Balaban J connectivity index is 1.13. The number of hydrogen-bond acceptors (Lipinski definition) is 5. The van der Waals surface area contributed by atoms with Crippen molar-refractivity contribution in [2.75, 3.05) is 38.0 Å². The van der Waals surface area contributed by atoms with Crippen molar-refractivity contribution in [3.8, 4) is 0 Å². The number of carbonyl (C=O) groups is 2. The SMILES string of the molecule is BC(B)(c1cc(Cl)ccc1NCc1ccc(C(C)(C)O)cc1)N1CCN(C(=O)CNC(=O)C2CC23CCC(F)(F)CC3)CC1. The molecule has 1 saturated heterocycles. The first kappa shape index (κ1) is 32.8. The highest BCUT2D eigenvalue weighted by atomic mass is 35.5. The van der Waals surface area contributed by atoms with Crippen molar-refractivity contribution < 1.29 is 23.5 Å². The van der Waals surface area contributed by atoms with Crippen LogP contribution in [0.15, 0.2) is 42.5 Å². The fourth-order valence-corrected chi connectivity index (χ4v) is 7.04. The fraction of sp³-hybridized carbons (Fsp3) is 0.562. The van der Waals surface area contributed by atoms with Gasteiger partial charge in [-0.1, -0.05) is 35.9 Å². The zero-order valence-corrected chi connectivity index (χ0v) is 26.9. The molecule has 0 bridgehead atoms. The van der Waals surface area contributed by atoms with Crippen LogP contribution in [0.4, 0.5) is 14.5 Å². The van der Waals surface area contributed by atoms with Crippen LogP contribution in [0.2, 0.25) is 5.02 Å². The van der Waals surface area contributed by atoms with Gasteiger partial charge >= 0.3 is 0 Å². The fourth-order valence-electron chi connectivity index (χ4n) is 6.87. The minimum atomic E-state index is -2.61. The second kappa shape index (κ2) is 12.3. The number of nitrogens with zero attached hydrogens (tertiary/aromatic N) is 2. The van der Waals surface area contributed by atoms with Crippen LogP contribution in [0, 0.1) is 11.3 Å². The molecule has 2 aromatic rings. The Morgan fingerprint density at radius 2 is 1.66 bits per heavy atom. The zero-order chi connectivity index (χ0) is 31.9. The van der Waals surface area contributed by atoms with Gasteiger partial charge < -0.3 is 25.5 Å². The summed E-state index contributed by atoms with van der Waals surface area (Å²) in [7, 11) is 4.32. The first-order valence-corrected chi connectivity index (χ1v) is 16.0. The first-order valence-electron chi connectivity index (χ1n) is 15.6. The molecule has 5 rings (SSSR count). The Morgan fingerprint density at radius 3 is 2.27 bits per heavy atom. The lowest BCUT2D eigenvalue weighted by Crippen LogP contribution is -2.58. The molecule has 2 saturated carbocycles. The van der Waals surface area contributed by atoms with Crippen molar-refractivity contribution in [3.05, 3.63) is 64.2 Å². The van der Waals surface area contributed by atoms with Gasteiger partial charge in [0.1, 0.15) is 15.7 Å². The van der Waals surface area contributed by atoms with E-state index in [1.807, 2.05) is 42.5 Å². The van der Waals surface area contributed by atoms with Gasteiger partial charge in [-0.05, 0) is 78.8 Å². The molecule has 1 aliphatic heterocycles. The van der Waals surface area contributed by atoms with E-state index in [4.69, 9.17) is 11.6 Å². The van der Waals surface area contributed by atoms with E-state index >= 15 is 0 Å². The number of piperazine rings is 1. The number of nitrogens with one attached hydrogen (secondary N) is 2. The van der Waals surface area contributed by atoms with Gasteiger partial charge in [0.15, 0.2) is 0 Å². The van der Waals surface area contributed by atoms with E-state index in [-0.39, 0.29) is 47.9 Å². The van der Waals surface area contributed by atoms with E-state index in [1.54, 1.807) is 18.7 Å². The van der Waals surface area contributed by atoms with Gasteiger partial charge in [0, 0.05) is 62.2 Å². The van der Waals surface area contributed by atoms with E-state index in [0.717, 1.165) is 22.4 Å². The van der Waals surface area contributed by atoms with E-state index < -0.39 is 11.5 Å². The molecular formula is C32H43B2ClF2N4O3. The van der Waals surface area contributed by atoms with E-state index in [9.17, 15) is 23.5 Å². The topological polar surface area (TPSA) is 84.9 Å². The van der Waals surface area contributed by atoms with Crippen molar-refractivity contribution in [1.82, 2.24) is 15.1 Å². The maximum Gasteiger partial charge on any atom is 0.248 e. The summed E-state index contributed by atoms with van der Waals surface area (Å²) >= 11 is 6.46. The molecule has 1 atom stereocenters. The van der Waals surface area contributed by atoms with Crippen LogP contribution >= 0.6 is 11.6 Å². The quantitative estimate of drug-likeness (QED) is 0.373. The summed E-state index contributed by atoms with van der Waals surface area (Å²) in [6.45, 7) is 6.49. The summed E-state index contributed by atoms with van der Waals surface area (Å²) in [6, 6.07) is 13.8. The molecule has 1 spiro atoms. The number of alkyl halides is 2. The Morgan fingerprint density at radius 1 is 1.02 bits per heavy atom. The normalized spacial score (nSPS) is 21.6. The first-order chi connectivity index (χ1) is 20.6. The van der Waals surface area contributed by atoms with Gasteiger partial charge in [-0.2, -0.15) is 0 Å². The van der Waals surface area contributed by atoms with Crippen LogP contribution in [-0.4, -0.2) is 81.1 Å². The standard InChI is InChI=1S/C32H43B2ClF2N4O3/c1-29(2,44)22-5-3-21(4-6-22)19-38-26-8-7-23(35)17-24(26)32(33,34)41-15-13-40(14-16-41)27(42)20-39-28(43)25-18-30(25)9-11-31(36,37)12-10-30/h3-8,17,25,38,44H,9-16,18-20,33-34H2,1-2H3,(H,39,43). The summed E-state index contributed by atoms with van der Waals surface area (Å²) in [4.78, 5) is 29.8. The molecule has 2 aromatic carbocycles. The highest BCUT2D eigenvalue weighted by Gasteiger charge is 2.60. The summed E-state index contributed by atoms with van der Waals surface area (Å²) in [6.07, 6.45) is 1.10. The molecular weight excluding hydrogens is 583 g/mol. The molecule has 1 heterocycles. The minimum absolute atomic E-state index is 0.0654. The molecule has 0 radical (unpaired) electrons. The largest absolute Gasteiger partial charge is 0.386 e. The molecule has 3 aliphatic rings. The lowest BCUT2D eigenvalue weighted by atomic mass is 9.56. The Labute approximate surface area is 265 Å². The van der Waals surface area contributed by atoms with Crippen molar-refractivity contribution in [1.29, 1.82) is 0 Å². The number of hydrogen-bond donors (Lipinski definition) is 3. The molecule has 12 heteroatoms. The molecule has 0 aromatic heterocycles. The van der Waals surface area contributed by atoms with Gasteiger partial charge in [-0.25, -0.2) is 8.78 Å².